The lowest BCUT2D eigenvalue weighted by Crippen LogP contribution is -2.21. The molecule has 3 nitrogen and oxygen atoms in total. The van der Waals surface area contributed by atoms with Crippen LogP contribution < -0.4 is 0 Å². The molecule has 1 fully saturated rings. The van der Waals surface area contributed by atoms with Gasteiger partial charge in [-0.05, 0) is 31.9 Å². The number of ketones is 1. The van der Waals surface area contributed by atoms with Crippen molar-refractivity contribution in [3.05, 3.63) is 30.0 Å². The van der Waals surface area contributed by atoms with Gasteiger partial charge in [-0.1, -0.05) is 30.3 Å². The number of rotatable bonds is 2. The van der Waals surface area contributed by atoms with Gasteiger partial charge in [-0.15, -0.1) is 0 Å². The van der Waals surface area contributed by atoms with Crippen molar-refractivity contribution < 1.29 is 4.79 Å². The maximum Gasteiger partial charge on any atom is 0.146 e. The summed E-state index contributed by atoms with van der Waals surface area (Å²) in [5.74, 6) is 0.366. The number of hydrogen-bond donors (Lipinski definition) is 0. The molecule has 1 aliphatic rings. The Labute approximate surface area is 116 Å². The smallest absolute Gasteiger partial charge is 0.146 e. The molecule has 2 aromatic rings. The number of Topliss-reactive ketones (excluding diaryl/α,β-unsaturated/α-hetero) is 1. The number of thioether (sulfide) groups is 1. The van der Waals surface area contributed by atoms with Gasteiger partial charge in [0.1, 0.15) is 10.8 Å². The molecule has 0 saturated heterocycles. The second kappa shape index (κ2) is 5.29. The summed E-state index contributed by atoms with van der Waals surface area (Å²) in [7, 11) is 0. The highest BCUT2D eigenvalue weighted by Crippen LogP contribution is 2.32. The molecule has 1 unspecified atom stereocenters. The minimum absolute atomic E-state index is 0.0721. The van der Waals surface area contributed by atoms with Crippen LogP contribution in [0.4, 0.5) is 0 Å². The van der Waals surface area contributed by atoms with Crippen molar-refractivity contribution >= 4 is 28.6 Å². The van der Waals surface area contributed by atoms with Gasteiger partial charge in [-0.2, -0.15) is 0 Å². The minimum Gasteiger partial charge on any atom is -0.298 e. The van der Waals surface area contributed by atoms with Crippen LogP contribution in [0.5, 0.6) is 0 Å². The molecule has 1 aromatic heterocycles. The number of hydrogen-bond acceptors (Lipinski definition) is 4. The molecule has 0 aliphatic heterocycles. The third-order valence-corrected chi connectivity index (χ3v) is 4.85. The van der Waals surface area contributed by atoms with Crippen LogP contribution in [0.25, 0.3) is 11.0 Å². The molecular formula is C15H16N2OS. The zero-order chi connectivity index (χ0) is 13.2. The van der Waals surface area contributed by atoms with Crippen LogP contribution in [0.2, 0.25) is 0 Å². The molecule has 4 heteroatoms. The first-order valence-electron chi connectivity index (χ1n) is 6.67. The Morgan fingerprint density at radius 2 is 1.89 bits per heavy atom. The van der Waals surface area contributed by atoms with Crippen LogP contribution in [0.3, 0.4) is 0 Å². The van der Waals surface area contributed by atoms with E-state index in [1.165, 1.54) is 0 Å². The third kappa shape index (κ3) is 2.63. The molecular weight excluding hydrogens is 256 g/mol. The third-order valence-electron chi connectivity index (χ3n) is 3.45. The van der Waals surface area contributed by atoms with Crippen molar-refractivity contribution in [2.45, 2.75) is 42.9 Å². The van der Waals surface area contributed by atoms with Crippen molar-refractivity contribution in [3.63, 3.8) is 0 Å². The zero-order valence-electron chi connectivity index (χ0n) is 10.9. The Balaban J connectivity index is 1.91. The quantitative estimate of drug-likeness (QED) is 0.838. The van der Waals surface area contributed by atoms with Crippen molar-refractivity contribution in [3.8, 4) is 0 Å². The molecule has 3 rings (SSSR count). The van der Waals surface area contributed by atoms with E-state index in [0.29, 0.717) is 5.78 Å². The highest BCUT2D eigenvalue weighted by molar-refractivity contribution is 8.00. The van der Waals surface area contributed by atoms with E-state index in [1.54, 1.807) is 11.8 Å². The fourth-order valence-corrected chi connectivity index (χ4v) is 3.56. The number of fused-ring (bicyclic) bond motifs is 1. The van der Waals surface area contributed by atoms with Gasteiger partial charge in [0.15, 0.2) is 0 Å². The van der Waals surface area contributed by atoms with Crippen LogP contribution >= 0.6 is 11.8 Å². The van der Waals surface area contributed by atoms with Gasteiger partial charge in [0.05, 0.1) is 22.0 Å². The molecule has 1 aliphatic carbocycles. The Morgan fingerprint density at radius 1 is 1.16 bits per heavy atom. The SMILES string of the molecule is Cc1nc2ccccc2nc1SC1CCCCC1=O. The van der Waals surface area contributed by atoms with Crippen LogP contribution in [-0.4, -0.2) is 21.0 Å². The summed E-state index contributed by atoms with van der Waals surface area (Å²) < 4.78 is 0. The standard InChI is InChI=1S/C15H16N2OS/c1-10-15(19-14-9-5-4-8-13(14)18)17-12-7-3-2-6-11(12)16-10/h2-3,6-7,14H,4-5,8-9H2,1H3. The van der Waals surface area contributed by atoms with Crippen LogP contribution in [0.1, 0.15) is 31.4 Å². The number of nitrogens with zero attached hydrogens (tertiary/aromatic N) is 2. The summed E-state index contributed by atoms with van der Waals surface area (Å²) in [6.07, 6.45) is 3.87. The monoisotopic (exact) mass is 272 g/mol. The number of benzene rings is 1. The van der Waals surface area contributed by atoms with Crippen molar-refractivity contribution in [1.29, 1.82) is 0 Å². The molecule has 0 amide bonds. The molecule has 1 atom stereocenters. The van der Waals surface area contributed by atoms with Crippen LogP contribution in [-0.2, 0) is 4.79 Å². The summed E-state index contributed by atoms with van der Waals surface area (Å²) in [5, 5.41) is 0.974. The molecule has 0 radical (unpaired) electrons. The highest BCUT2D eigenvalue weighted by Gasteiger charge is 2.24. The van der Waals surface area contributed by atoms with Gasteiger partial charge >= 0.3 is 0 Å². The number of aryl methyl sites for hydroxylation is 1. The second-order valence-corrected chi connectivity index (χ2v) is 6.11. The fraction of sp³-hybridized carbons (Fsp3) is 0.400. The maximum atomic E-state index is 11.9. The predicted octanol–water partition coefficient (Wildman–Crippen LogP) is 3.54. The Hall–Kier alpha value is -1.42. The van der Waals surface area contributed by atoms with Gasteiger partial charge in [0.25, 0.3) is 0 Å². The average molecular weight is 272 g/mol. The van der Waals surface area contributed by atoms with Crippen LogP contribution in [0, 0.1) is 6.92 Å². The lowest BCUT2D eigenvalue weighted by molar-refractivity contribution is -0.119. The van der Waals surface area contributed by atoms with E-state index in [-0.39, 0.29) is 5.25 Å². The molecule has 0 N–H and O–H groups in total. The summed E-state index contributed by atoms with van der Waals surface area (Å²) in [6.45, 7) is 1.97. The van der Waals surface area contributed by atoms with Crippen molar-refractivity contribution in [2.24, 2.45) is 0 Å². The Morgan fingerprint density at radius 3 is 2.63 bits per heavy atom. The molecule has 1 saturated carbocycles. The first-order valence-corrected chi connectivity index (χ1v) is 7.55. The molecule has 0 spiro atoms. The van der Waals surface area contributed by atoms with E-state index in [0.717, 1.165) is 47.4 Å². The molecule has 1 aromatic carbocycles. The minimum atomic E-state index is 0.0721. The van der Waals surface area contributed by atoms with Gasteiger partial charge in [0, 0.05) is 6.42 Å². The lowest BCUT2D eigenvalue weighted by Gasteiger charge is -2.20. The largest absolute Gasteiger partial charge is 0.298 e. The number of carbonyl (C=O) groups excluding carboxylic acids is 1. The molecule has 19 heavy (non-hydrogen) atoms. The first kappa shape index (κ1) is 12.6. The second-order valence-electron chi connectivity index (χ2n) is 4.92. The molecule has 1 heterocycles. The Kier molecular flexibility index (Phi) is 3.51. The molecule has 0 bridgehead atoms. The van der Waals surface area contributed by atoms with Gasteiger partial charge in [-0.25, -0.2) is 9.97 Å². The van der Waals surface area contributed by atoms with Crippen LogP contribution in [0.15, 0.2) is 29.3 Å². The topological polar surface area (TPSA) is 42.9 Å². The first-order chi connectivity index (χ1) is 9.24. The normalized spacial score (nSPS) is 19.8. The number of para-hydroxylation sites is 2. The average Bonchev–Trinajstić information content (AvgIpc) is 2.42. The van der Waals surface area contributed by atoms with E-state index in [4.69, 9.17) is 0 Å². The van der Waals surface area contributed by atoms with Gasteiger partial charge in [-0.3, -0.25) is 4.79 Å². The van der Waals surface area contributed by atoms with Crippen molar-refractivity contribution in [1.82, 2.24) is 9.97 Å². The molecule has 98 valence electrons. The van der Waals surface area contributed by atoms with Crippen molar-refractivity contribution in [2.75, 3.05) is 0 Å². The summed E-state index contributed by atoms with van der Waals surface area (Å²) in [5.41, 5.74) is 2.74. The van der Waals surface area contributed by atoms with Gasteiger partial charge in [0.2, 0.25) is 0 Å². The van der Waals surface area contributed by atoms with Gasteiger partial charge < -0.3 is 0 Å². The predicted molar refractivity (Wildman–Crippen MR) is 77.4 cm³/mol. The fourth-order valence-electron chi connectivity index (χ4n) is 2.39. The number of carbonyl (C=O) groups is 1. The summed E-state index contributed by atoms with van der Waals surface area (Å²) in [4.78, 5) is 21.1. The highest BCUT2D eigenvalue weighted by atomic mass is 32.2. The van der Waals surface area contributed by atoms with E-state index in [9.17, 15) is 4.79 Å². The van der Waals surface area contributed by atoms with E-state index >= 15 is 0 Å². The summed E-state index contributed by atoms with van der Waals surface area (Å²) >= 11 is 1.59. The lowest BCUT2D eigenvalue weighted by atomic mass is 9.99. The van der Waals surface area contributed by atoms with E-state index in [2.05, 4.69) is 9.97 Å². The number of aromatic nitrogens is 2. The van der Waals surface area contributed by atoms with E-state index < -0.39 is 0 Å². The Bertz CT molecular complexity index is 627. The maximum absolute atomic E-state index is 11.9. The summed E-state index contributed by atoms with van der Waals surface area (Å²) in [6, 6.07) is 7.87. The van der Waals surface area contributed by atoms with E-state index in [1.807, 2.05) is 31.2 Å². The zero-order valence-corrected chi connectivity index (χ0v) is 11.7.